The van der Waals surface area contributed by atoms with E-state index in [-0.39, 0.29) is 0 Å². The molecule has 0 aromatic rings. The summed E-state index contributed by atoms with van der Waals surface area (Å²) in [6, 6.07) is 0.690. The van der Waals surface area contributed by atoms with Gasteiger partial charge in [-0.15, -0.1) is 0 Å². The van der Waals surface area contributed by atoms with E-state index in [9.17, 15) is 0 Å². The van der Waals surface area contributed by atoms with Crippen molar-refractivity contribution < 1.29 is 0 Å². The van der Waals surface area contributed by atoms with Crippen LogP contribution >= 0.6 is 0 Å². The number of hydrogen-bond donors (Lipinski definition) is 1. The van der Waals surface area contributed by atoms with Crippen molar-refractivity contribution in [2.24, 2.45) is 5.92 Å². The van der Waals surface area contributed by atoms with Crippen molar-refractivity contribution in [1.29, 1.82) is 0 Å². The van der Waals surface area contributed by atoms with Crippen LogP contribution in [-0.2, 0) is 0 Å². The molecule has 17 heavy (non-hydrogen) atoms. The first kappa shape index (κ1) is 15.0. The van der Waals surface area contributed by atoms with Crippen molar-refractivity contribution >= 4 is 0 Å². The van der Waals surface area contributed by atoms with Crippen LogP contribution in [0.4, 0.5) is 0 Å². The fourth-order valence-electron chi connectivity index (χ4n) is 2.86. The Hall–Kier alpha value is -0.0800. The lowest BCUT2D eigenvalue weighted by Gasteiger charge is -2.21. The molecular formula is C15H32N2. The summed E-state index contributed by atoms with van der Waals surface area (Å²) in [5, 5.41) is 3.63. The van der Waals surface area contributed by atoms with Gasteiger partial charge in [0.1, 0.15) is 0 Å². The molecule has 2 nitrogen and oxygen atoms in total. The molecule has 1 saturated heterocycles. The SMILES string of the molecule is CCCC(C)NCCN1CCCC(CC)CC1. The summed E-state index contributed by atoms with van der Waals surface area (Å²) in [4.78, 5) is 2.65. The molecule has 1 fully saturated rings. The molecule has 2 unspecified atom stereocenters. The predicted molar refractivity (Wildman–Crippen MR) is 76.4 cm³/mol. The fraction of sp³-hybridized carbons (Fsp3) is 1.00. The van der Waals surface area contributed by atoms with Gasteiger partial charge < -0.3 is 10.2 Å². The molecule has 1 N–H and O–H groups in total. The summed E-state index contributed by atoms with van der Waals surface area (Å²) in [6.07, 6.45) is 8.24. The summed E-state index contributed by atoms with van der Waals surface area (Å²) in [6.45, 7) is 12.0. The average Bonchev–Trinajstić information content (AvgIpc) is 2.55. The standard InChI is InChI=1S/C15H32N2/c1-4-7-14(3)16-10-13-17-11-6-8-15(5-2)9-12-17/h14-16H,4-13H2,1-3H3. The molecule has 0 aromatic carbocycles. The lowest BCUT2D eigenvalue weighted by molar-refractivity contribution is 0.274. The van der Waals surface area contributed by atoms with Gasteiger partial charge in [0.25, 0.3) is 0 Å². The van der Waals surface area contributed by atoms with Crippen LogP contribution in [0.1, 0.15) is 59.3 Å². The maximum atomic E-state index is 3.63. The lowest BCUT2D eigenvalue weighted by atomic mass is 9.98. The summed E-state index contributed by atoms with van der Waals surface area (Å²) in [5.74, 6) is 0.993. The van der Waals surface area contributed by atoms with Crippen LogP contribution in [0.5, 0.6) is 0 Å². The minimum absolute atomic E-state index is 0.690. The van der Waals surface area contributed by atoms with Crippen molar-refractivity contribution in [1.82, 2.24) is 10.2 Å². The van der Waals surface area contributed by atoms with E-state index in [1.807, 2.05) is 0 Å². The molecule has 0 aromatic heterocycles. The van der Waals surface area contributed by atoms with Crippen LogP contribution in [-0.4, -0.2) is 37.1 Å². The van der Waals surface area contributed by atoms with E-state index in [2.05, 4.69) is 31.0 Å². The third kappa shape index (κ3) is 6.42. The molecule has 2 atom stereocenters. The van der Waals surface area contributed by atoms with Crippen molar-refractivity contribution in [3.63, 3.8) is 0 Å². The highest BCUT2D eigenvalue weighted by atomic mass is 15.1. The van der Waals surface area contributed by atoms with Gasteiger partial charge >= 0.3 is 0 Å². The Kier molecular flexibility index (Phi) is 7.87. The molecule has 0 spiro atoms. The first-order valence-electron chi connectivity index (χ1n) is 7.72. The van der Waals surface area contributed by atoms with E-state index in [1.54, 1.807) is 0 Å². The van der Waals surface area contributed by atoms with Crippen LogP contribution in [0, 0.1) is 5.92 Å². The molecule has 0 radical (unpaired) electrons. The molecule has 0 saturated carbocycles. The Morgan fingerprint density at radius 2 is 2.06 bits per heavy atom. The minimum atomic E-state index is 0.690. The summed E-state index contributed by atoms with van der Waals surface area (Å²) < 4.78 is 0. The number of nitrogens with one attached hydrogen (secondary N) is 1. The van der Waals surface area contributed by atoms with E-state index < -0.39 is 0 Å². The highest BCUT2D eigenvalue weighted by Crippen LogP contribution is 2.19. The largest absolute Gasteiger partial charge is 0.313 e. The van der Waals surface area contributed by atoms with Crippen LogP contribution in [0.2, 0.25) is 0 Å². The van der Waals surface area contributed by atoms with Crippen molar-refractivity contribution in [3.8, 4) is 0 Å². The van der Waals surface area contributed by atoms with Gasteiger partial charge in [-0.05, 0) is 51.6 Å². The summed E-state index contributed by atoms with van der Waals surface area (Å²) in [7, 11) is 0. The second kappa shape index (κ2) is 8.93. The van der Waals surface area contributed by atoms with Gasteiger partial charge in [-0.2, -0.15) is 0 Å². The first-order valence-corrected chi connectivity index (χ1v) is 7.72. The normalized spacial score (nSPS) is 24.5. The molecule has 2 heteroatoms. The predicted octanol–water partition coefficient (Wildman–Crippen LogP) is 3.28. The Bertz CT molecular complexity index is 182. The first-order chi connectivity index (χ1) is 8.26. The smallest absolute Gasteiger partial charge is 0.0107 e. The second-order valence-electron chi connectivity index (χ2n) is 5.69. The maximum Gasteiger partial charge on any atom is 0.0107 e. The van der Waals surface area contributed by atoms with Gasteiger partial charge in [-0.3, -0.25) is 0 Å². The van der Waals surface area contributed by atoms with Crippen LogP contribution < -0.4 is 5.32 Å². The van der Waals surface area contributed by atoms with Gasteiger partial charge in [-0.1, -0.05) is 26.7 Å². The molecule has 1 aliphatic rings. The molecule has 1 rings (SSSR count). The Balaban J connectivity index is 2.10. The van der Waals surface area contributed by atoms with Gasteiger partial charge in [0.05, 0.1) is 0 Å². The third-order valence-electron chi connectivity index (χ3n) is 4.16. The van der Waals surface area contributed by atoms with Gasteiger partial charge in [-0.25, -0.2) is 0 Å². The zero-order valence-corrected chi connectivity index (χ0v) is 12.2. The van der Waals surface area contributed by atoms with Crippen LogP contribution in [0.15, 0.2) is 0 Å². The monoisotopic (exact) mass is 240 g/mol. The van der Waals surface area contributed by atoms with E-state index in [0.29, 0.717) is 6.04 Å². The summed E-state index contributed by atoms with van der Waals surface area (Å²) in [5.41, 5.74) is 0. The summed E-state index contributed by atoms with van der Waals surface area (Å²) >= 11 is 0. The molecular weight excluding hydrogens is 208 g/mol. The number of hydrogen-bond acceptors (Lipinski definition) is 2. The van der Waals surface area contributed by atoms with Crippen LogP contribution in [0.3, 0.4) is 0 Å². The Labute approximate surface area is 108 Å². The lowest BCUT2D eigenvalue weighted by Crippen LogP contribution is -2.36. The average molecular weight is 240 g/mol. The number of likely N-dealkylation sites (tertiary alicyclic amines) is 1. The maximum absolute atomic E-state index is 3.63. The quantitative estimate of drug-likeness (QED) is 0.735. The van der Waals surface area contributed by atoms with Gasteiger partial charge in [0.15, 0.2) is 0 Å². The minimum Gasteiger partial charge on any atom is -0.313 e. The fourth-order valence-corrected chi connectivity index (χ4v) is 2.86. The van der Waals surface area contributed by atoms with E-state index in [0.717, 1.165) is 12.5 Å². The van der Waals surface area contributed by atoms with Crippen molar-refractivity contribution in [3.05, 3.63) is 0 Å². The zero-order valence-electron chi connectivity index (χ0n) is 12.2. The molecule has 0 bridgehead atoms. The van der Waals surface area contributed by atoms with E-state index >= 15 is 0 Å². The van der Waals surface area contributed by atoms with Crippen molar-refractivity contribution in [2.45, 2.75) is 65.3 Å². The molecule has 0 amide bonds. The Morgan fingerprint density at radius 3 is 2.76 bits per heavy atom. The Morgan fingerprint density at radius 1 is 1.24 bits per heavy atom. The molecule has 102 valence electrons. The molecule has 1 aliphatic heterocycles. The van der Waals surface area contributed by atoms with E-state index in [1.165, 1.54) is 58.2 Å². The highest BCUT2D eigenvalue weighted by molar-refractivity contribution is 4.70. The number of rotatable bonds is 7. The second-order valence-corrected chi connectivity index (χ2v) is 5.69. The van der Waals surface area contributed by atoms with Gasteiger partial charge in [0, 0.05) is 19.1 Å². The van der Waals surface area contributed by atoms with Crippen LogP contribution in [0.25, 0.3) is 0 Å². The topological polar surface area (TPSA) is 15.3 Å². The molecule has 1 heterocycles. The zero-order chi connectivity index (χ0) is 12.5. The highest BCUT2D eigenvalue weighted by Gasteiger charge is 2.15. The van der Waals surface area contributed by atoms with Gasteiger partial charge in [0.2, 0.25) is 0 Å². The third-order valence-corrected chi connectivity index (χ3v) is 4.16. The van der Waals surface area contributed by atoms with Crippen molar-refractivity contribution in [2.75, 3.05) is 26.2 Å². The number of nitrogens with zero attached hydrogens (tertiary/aromatic N) is 1. The molecule has 0 aliphatic carbocycles. The van der Waals surface area contributed by atoms with E-state index in [4.69, 9.17) is 0 Å².